The Morgan fingerprint density at radius 1 is 1.24 bits per heavy atom. The minimum Gasteiger partial charge on any atom is -0.316 e. The predicted molar refractivity (Wildman–Crippen MR) is 83.6 cm³/mol. The van der Waals surface area contributed by atoms with Crippen LogP contribution in [0.2, 0.25) is 0 Å². The lowest BCUT2D eigenvalue weighted by Gasteiger charge is -2.31. The topological polar surface area (TPSA) is 69.0 Å². The summed E-state index contributed by atoms with van der Waals surface area (Å²) in [5.74, 6) is 0.697. The van der Waals surface area contributed by atoms with Gasteiger partial charge in [-0.15, -0.1) is 0 Å². The molecule has 0 radical (unpaired) electrons. The number of aromatic nitrogens is 2. The van der Waals surface area contributed by atoms with Gasteiger partial charge in [0.15, 0.2) is 0 Å². The number of nitrogens with zero attached hydrogens (tertiary/aromatic N) is 1. The summed E-state index contributed by atoms with van der Waals surface area (Å²) >= 11 is 0. The summed E-state index contributed by atoms with van der Waals surface area (Å²) in [5.41, 5.74) is 2.77. The Hall–Kier alpha value is -1.88. The van der Waals surface area contributed by atoms with Gasteiger partial charge in [-0.2, -0.15) is 0 Å². The molecule has 1 aliphatic heterocycles. The Morgan fingerprint density at radius 2 is 2.00 bits per heavy atom. The van der Waals surface area contributed by atoms with E-state index in [4.69, 9.17) is 0 Å². The molecule has 0 aliphatic carbocycles. The van der Waals surface area contributed by atoms with Crippen molar-refractivity contribution in [1.29, 1.82) is 0 Å². The van der Waals surface area contributed by atoms with Crippen molar-refractivity contribution in [2.75, 3.05) is 13.1 Å². The first-order valence-electron chi connectivity index (χ1n) is 7.58. The van der Waals surface area contributed by atoms with Gasteiger partial charge in [-0.3, -0.25) is 14.5 Å². The van der Waals surface area contributed by atoms with Crippen LogP contribution in [-0.4, -0.2) is 28.0 Å². The van der Waals surface area contributed by atoms with Crippen LogP contribution in [0.3, 0.4) is 0 Å². The predicted octanol–water partition coefficient (Wildman–Crippen LogP) is 1.62. The molecule has 0 fully saturated rings. The molecule has 112 valence electrons. The minimum absolute atomic E-state index is 0.571. The van der Waals surface area contributed by atoms with E-state index in [1.165, 1.54) is 17.5 Å². The quantitative estimate of drug-likeness (QED) is 0.843. The van der Waals surface area contributed by atoms with Crippen LogP contribution in [-0.2, 0) is 13.0 Å². The zero-order valence-corrected chi connectivity index (χ0v) is 12.5. The monoisotopic (exact) mass is 287 g/mol. The Balaban J connectivity index is 1.98. The summed E-state index contributed by atoms with van der Waals surface area (Å²) in [4.78, 5) is 30.8. The molecule has 2 aromatic rings. The summed E-state index contributed by atoms with van der Waals surface area (Å²) in [6.07, 6.45) is 2.10. The van der Waals surface area contributed by atoms with Crippen LogP contribution in [0.5, 0.6) is 0 Å². The number of hydrogen-bond donors (Lipinski definition) is 2. The van der Waals surface area contributed by atoms with Gasteiger partial charge in [0.1, 0.15) is 0 Å². The summed E-state index contributed by atoms with van der Waals surface area (Å²) in [5, 5.41) is 0. The molecule has 2 heterocycles. The van der Waals surface area contributed by atoms with Crippen LogP contribution >= 0.6 is 0 Å². The lowest BCUT2D eigenvalue weighted by Crippen LogP contribution is -2.35. The molecule has 5 nitrogen and oxygen atoms in total. The molecule has 1 aliphatic rings. The largest absolute Gasteiger partial charge is 0.316 e. The number of nitrogens with one attached hydrogen (secondary N) is 2. The molecule has 2 N–H and O–H groups in total. The van der Waals surface area contributed by atoms with Gasteiger partial charge in [-0.05, 0) is 29.5 Å². The van der Waals surface area contributed by atoms with Crippen molar-refractivity contribution in [3.8, 4) is 0 Å². The van der Waals surface area contributed by atoms with Crippen molar-refractivity contribution < 1.29 is 0 Å². The molecule has 3 rings (SSSR count). The van der Waals surface area contributed by atoms with E-state index in [1.807, 2.05) is 6.07 Å². The van der Waals surface area contributed by atoms with Gasteiger partial charge >= 0.3 is 11.1 Å². The van der Waals surface area contributed by atoms with Crippen molar-refractivity contribution in [2.24, 2.45) is 5.92 Å². The molecule has 1 aromatic heterocycles. The van der Waals surface area contributed by atoms with E-state index in [0.717, 1.165) is 31.6 Å². The molecular weight excluding hydrogens is 266 g/mol. The highest BCUT2D eigenvalue weighted by Crippen LogP contribution is 2.25. The zero-order valence-electron chi connectivity index (χ0n) is 12.5. The lowest BCUT2D eigenvalue weighted by atomic mass is 9.96. The van der Waals surface area contributed by atoms with Gasteiger partial charge in [0.2, 0.25) is 0 Å². The SMILES string of the molecule is CCC(C)CN1CCc2c(ccc3[nH]c(=O)c(=O)[nH]c23)C1. The van der Waals surface area contributed by atoms with E-state index in [0.29, 0.717) is 11.4 Å². The van der Waals surface area contributed by atoms with Gasteiger partial charge in [-0.1, -0.05) is 26.3 Å². The first kappa shape index (κ1) is 14.1. The van der Waals surface area contributed by atoms with E-state index < -0.39 is 11.1 Å². The van der Waals surface area contributed by atoms with Gasteiger partial charge in [-0.25, -0.2) is 0 Å². The van der Waals surface area contributed by atoms with Gasteiger partial charge in [0.05, 0.1) is 11.0 Å². The molecular formula is C16H21N3O2. The maximum Gasteiger partial charge on any atom is 0.314 e. The van der Waals surface area contributed by atoms with Crippen LogP contribution in [0.1, 0.15) is 31.4 Å². The van der Waals surface area contributed by atoms with Crippen molar-refractivity contribution >= 4 is 11.0 Å². The molecule has 0 saturated heterocycles. The number of fused-ring (bicyclic) bond motifs is 3. The highest BCUT2D eigenvalue weighted by Gasteiger charge is 2.20. The van der Waals surface area contributed by atoms with Gasteiger partial charge in [0, 0.05) is 19.6 Å². The van der Waals surface area contributed by atoms with Crippen LogP contribution in [0.25, 0.3) is 11.0 Å². The fraction of sp³-hybridized carbons (Fsp3) is 0.500. The third-order valence-corrected chi connectivity index (χ3v) is 4.44. The fourth-order valence-electron chi connectivity index (χ4n) is 3.04. The second-order valence-electron chi connectivity index (χ2n) is 6.03. The second kappa shape index (κ2) is 5.48. The average molecular weight is 287 g/mol. The molecule has 1 aromatic carbocycles. The van der Waals surface area contributed by atoms with Crippen molar-refractivity contribution in [2.45, 2.75) is 33.2 Å². The van der Waals surface area contributed by atoms with E-state index >= 15 is 0 Å². The Bertz CT molecular complexity index is 775. The van der Waals surface area contributed by atoms with Gasteiger partial charge in [0.25, 0.3) is 0 Å². The van der Waals surface area contributed by atoms with Crippen molar-refractivity contribution in [3.05, 3.63) is 44.0 Å². The highest BCUT2D eigenvalue weighted by molar-refractivity contribution is 5.79. The molecule has 0 spiro atoms. The Morgan fingerprint density at radius 3 is 2.76 bits per heavy atom. The zero-order chi connectivity index (χ0) is 15.0. The molecule has 1 unspecified atom stereocenters. The standard InChI is InChI=1S/C16H21N3O2/c1-3-10(2)8-19-7-6-12-11(9-19)4-5-13-14(12)18-16(21)15(20)17-13/h4-5,10H,3,6-9H2,1-2H3,(H,17,20)(H,18,21). The normalized spacial score (nSPS) is 16.9. The molecule has 5 heteroatoms. The minimum atomic E-state index is -0.586. The average Bonchev–Trinajstić information content (AvgIpc) is 2.48. The van der Waals surface area contributed by atoms with E-state index in [2.05, 4.69) is 34.8 Å². The number of benzene rings is 1. The van der Waals surface area contributed by atoms with E-state index in [-0.39, 0.29) is 0 Å². The number of aromatic amines is 2. The molecule has 0 bridgehead atoms. The molecule has 0 amide bonds. The summed E-state index contributed by atoms with van der Waals surface area (Å²) in [6, 6.07) is 3.95. The maximum atomic E-state index is 11.6. The van der Waals surface area contributed by atoms with Crippen molar-refractivity contribution in [1.82, 2.24) is 14.9 Å². The molecule has 1 atom stereocenters. The van der Waals surface area contributed by atoms with Crippen LogP contribution < -0.4 is 11.1 Å². The summed E-state index contributed by atoms with van der Waals surface area (Å²) < 4.78 is 0. The summed E-state index contributed by atoms with van der Waals surface area (Å²) in [7, 11) is 0. The van der Waals surface area contributed by atoms with Crippen LogP contribution in [0, 0.1) is 5.92 Å². The number of hydrogen-bond acceptors (Lipinski definition) is 3. The van der Waals surface area contributed by atoms with Crippen LogP contribution in [0.15, 0.2) is 21.7 Å². The third-order valence-electron chi connectivity index (χ3n) is 4.44. The molecule has 21 heavy (non-hydrogen) atoms. The smallest absolute Gasteiger partial charge is 0.314 e. The van der Waals surface area contributed by atoms with E-state index in [9.17, 15) is 9.59 Å². The second-order valence-corrected chi connectivity index (χ2v) is 6.03. The first-order chi connectivity index (χ1) is 10.1. The fourth-order valence-corrected chi connectivity index (χ4v) is 3.04. The summed E-state index contributed by atoms with van der Waals surface area (Å²) in [6.45, 7) is 7.51. The Labute approximate surface area is 123 Å². The first-order valence-corrected chi connectivity index (χ1v) is 7.58. The van der Waals surface area contributed by atoms with Gasteiger partial charge < -0.3 is 9.97 Å². The number of rotatable bonds is 3. The Kier molecular flexibility index (Phi) is 3.68. The van der Waals surface area contributed by atoms with Crippen LogP contribution in [0.4, 0.5) is 0 Å². The third kappa shape index (κ3) is 2.65. The van der Waals surface area contributed by atoms with E-state index in [1.54, 1.807) is 0 Å². The van der Waals surface area contributed by atoms with Crippen molar-refractivity contribution in [3.63, 3.8) is 0 Å². The lowest BCUT2D eigenvalue weighted by molar-refractivity contribution is 0.218. The maximum absolute atomic E-state index is 11.6. The number of H-pyrrole nitrogens is 2. The molecule has 0 saturated carbocycles. The highest BCUT2D eigenvalue weighted by atomic mass is 16.2.